The summed E-state index contributed by atoms with van der Waals surface area (Å²) >= 11 is 0. The Hall–Kier alpha value is -0.220. The van der Waals surface area contributed by atoms with Crippen molar-refractivity contribution in [3.05, 3.63) is 0 Å². The van der Waals surface area contributed by atoms with Gasteiger partial charge in [-0.25, -0.2) is 0 Å². The summed E-state index contributed by atoms with van der Waals surface area (Å²) < 4.78 is 55.5. The first kappa shape index (κ1) is 14.8. The molecule has 7 nitrogen and oxygen atoms in total. The van der Waals surface area contributed by atoms with Crippen molar-refractivity contribution in [1.29, 1.82) is 0 Å². The molecule has 0 aliphatic carbocycles. The van der Waals surface area contributed by atoms with Crippen molar-refractivity contribution >= 4 is 20.2 Å². The normalized spacial score (nSPS) is 12.9. The van der Waals surface area contributed by atoms with E-state index in [1.165, 1.54) is 0 Å². The van der Waals surface area contributed by atoms with Gasteiger partial charge in [0, 0.05) is 0 Å². The average Bonchev–Trinajstić information content (AvgIpc) is 1.98. The molecule has 0 N–H and O–H groups in total. The van der Waals surface area contributed by atoms with Crippen molar-refractivity contribution in [2.75, 3.05) is 38.9 Å². The van der Waals surface area contributed by atoms with E-state index >= 15 is 0 Å². The van der Waals surface area contributed by atoms with Crippen LogP contribution in [0, 0.1) is 0 Å². The van der Waals surface area contributed by atoms with Gasteiger partial charge in [-0.15, -0.1) is 0 Å². The second-order valence-electron chi connectivity index (χ2n) is 2.66. The van der Waals surface area contributed by atoms with Crippen LogP contribution in [-0.2, 0) is 33.3 Å². The molecule has 9 heteroatoms. The molecule has 0 saturated heterocycles. The largest absolute Gasteiger partial charge is 0.377 e. The Labute approximate surface area is 89.6 Å². The van der Waals surface area contributed by atoms with Crippen LogP contribution in [0.4, 0.5) is 0 Å². The summed E-state index contributed by atoms with van der Waals surface area (Å²) in [6, 6.07) is 0. The second-order valence-corrected chi connectivity index (χ2v) is 5.95. The van der Waals surface area contributed by atoms with Crippen molar-refractivity contribution in [3.63, 3.8) is 0 Å². The Morgan fingerprint density at radius 1 is 0.733 bits per heavy atom. The molecule has 0 aliphatic rings. The van der Waals surface area contributed by atoms with Crippen LogP contribution in [0.2, 0.25) is 0 Å². The molecule has 0 aromatic rings. The number of rotatable bonds is 8. The van der Waals surface area contributed by atoms with Crippen molar-refractivity contribution in [2.45, 2.75) is 0 Å². The molecule has 0 bridgehead atoms. The molecule has 0 rings (SSSR count). The minimum absolute atomic E-state index is 0.0557. The Balaban J connectivity index is 3.34. The second kappa shape index (κ2) is 6.38. The topological polar surface area (TPSA) is 96.0 Å². The maximum atomic E-state index is 10.5. The molecule has 0 aromatic carbocycles. The zero-order valence-corrected chi connectivity index (χ0v) is 10.1. The van der Waals surface area contributed by atoms with E-state index in [2.05, 4.69) is 8.37 Å². The van der Waals surface area contributed by atoms with Gasteiger partial charge in [0.2, 0.25) is 0 Å². The molecule has 15 heavy (non-hydrogen) atoms. The summed E-state index contributed by atoms with van der Waals surface area (Å²) in [7, 11) is -6.89. The van der Waals surface area contributed by atoms with Gasteiger partial charge in [0.1, 0.15) is 0 Å². The van der Waals surface area contributed by atoms with Gasteiger partial charge >= 0.3 is 0 Å². The first-order valence-electron chi connectivity index (χ1n) is 3.97. The van der Waals surface area contributed by atoms with Crippen LogP contribution in [0.25, 0.3) is 0 Å². The highest BCUT2D eigenvalue weighted by molar-refractivity contribution is 7.86. The highest BCUT2D eigenvalue weighted by atomic mass is 32.2. The lowest BCUT2D eigenvalue weighted by molar-refractivity contribution is 0.0799. The molecule has 0 amide bonds. The minimum Gasteiger partial charge on any atom is -0.377 e. The number of ether oxygens (including phenoxy) is 1. The predicted molar refractivity (Wildman–Crippen MR) is 52.4 cm³/mol. The Kier molecular flexibility index (Phi) is 6.29. The smallest absolute Gasteiger partial charge is 0.264 e. The first-order chi connectivity index (χ1) is 6.71. The van der Waals surface area contributed by atoms with E-state index in [9.17, 15) is 16.8 Å². The fourth-order valence-corrected chi connectivity index (χ4v) is 1.33. The summed E-state index contributed by atoms with van der Waals surface area (Å²) in [6.45, 7) is -0.0875. The van der Waals surface area contributed by atoms with Crippen LogP contribution < -0.4 is 0 Å². The third-order valence-corrected chi connectivity index (χ3v) is 2.24. The summed E-state index contributed by atoms with van der Waals surface area (Å²) in [5.74, 6) is 0. The van der Waals surface area contributed by atoms with Gasteiger partial charge in [-0.1, -0.05) is 0 Å². The predicted octanol–water partition coefficient (Wildman–Crippen LogP) is -1.04. The SMILES string of the molecule is CS(=O)(=O)OCCOCCOS(C)(=O)=O. The van der Waals surface area contributed by atoms with Crippen LogP contribution in [0.5, 0.6) is 0 Å². The Morgan fingerprint density at radius 3 is 1.33 bits per heavy atom. The summed E-state index contributed by atoms with van der Waals surface area (Å²) in [4.78, 5) is 0. The third-order valence-electron chi connectivity index (χ3n) is 1.05. The first-order valence-corrected chi connectivity index (χ1v) is 7.60. The third kappa shape index (κ3) is 13.8. The quantitative estimate of drug-likeness (QED) is 0.407. The van der Waals surface area contributed by atoms with E-state index in [-0.39, 0.29) is 26.4 Å². The molecule has 0 atom stereocenters. The van der Waals surface area contributed by atoms with Crippen LogP contribution in [0.3, 0.4) is 0 Å². The van der Waals surface area contributed by atoms with Crippen molar-refractivity contribution in [1.82, 2.24) is 0 Å². The van der Waals surface area contributed by atoms with E-state index < -0.39 is 20.2 Å². The summed E-state index contributed by atoms with van der Waals surface area (Å²) in [5.41, 5.74) is 0. The molecule has 0 aromatic heterocycles. The summed E-state index contributed by atoms with van der Waals surface area (Å²) in [5, 5.41) is 0. The van der Waals surface area contributed by atoms with E-state index in [1.54, 1.807) is 0 Å². The maximum Gasteiger partial charge on any atom is 0.264 e. The highest BCUT2D eigenvalue weighted by Gasteiger charge is 2.02. The molecule has 0 aliphatic heterocycles. The molecule has 0 heterocycles. The van der Waals surface area contributed by atoms with Crippen molar-refractivity contribution in [2.24, 2.45) is 0 Å². The van der Waals surface area contributed by atoms with Crippen LogP contribution >= 0.6 is 0 Å². The fourth-order valence-electron chi connectivity index (χ4n) is 0.591. The number of hydrogen-bond donors (Lipinski definition) is 0. The highest BCUT2D eigenvalue weighted by Crippen LogP contribution is 1.89. The van der Waals surface area contributed by atoms with Crippen molar-refractivity contribution < 1.29 is 29.9 Å². The van der Waals surface area contributed by atoms with E-state index in [4.69, 9.17) is 4.74 Å². The van der Waals surface area contributed by atoms with Crippen molar-refractivity contribution in [3.8, 4) is 0 Å². The van der Waals surface area contributed by atoms with E-state index in [0.29, 0.717) is 0 Å². The molecule has 0 unspecified atom stereocenters. The van der Waals surface area contributed by atoms with Gasteiger partial charge in [0.15, 0.2) is 0 Å². The van der Waals surface area contributed by atoms with Gasteiger partial charge in [0.25, 0.3) is 20.2 Å². The molecule has 92 valence electrons. The van der Waals surface area contributed by atoms with Crippen LogP contribution in [-0.4, -0.2) is 55.8 Å². The Morgan fingerprint density at radius 2 is 1.07 bits per heavy atom. The molecule has 0 radical (unpaired) electrons. The zero-order chi connectivity index (χ0) is 11.9. The van der Waals surface area contributed by atoms with Gasteiger partial charge in [0.05, 0.1) is 38.9 Å². The standard InChI is InChI=1S/C6H14O7S2/c1-14(7,8)12-5-3-11-4-6-13-15(2,9)10/h3-6H2,1-2H3. The number of hydrogen-bond acceptors (Lipinski definition) is 7. The lowest BCUT2D eigenvalue weighted by Crippen LogP contribution is -2.13. The summed E-state index contributed by atoms with van der Waals surface area (Å²) in [6.07, 6.45) is 1.86. The zero-order valence-electron chi connectivity index (χ0n) is 8.50. The molecule has 0 saturated carbocycles. The van der Waals surface area contributed by atoms with Gasteiger partial charge in [-0.3, -0.25) is 8.37 Å². The fraction of sp³-hybridized carbons (Fsp3) is 1.00. The lowest BCUT2D eigenvalue weighted by Gasteiger charge is -2.03. The molecule has 0 spiro atoms. The molecular weight excluding hydrogens is 248 g/mol. The molecule has 0 fully saturated rings. The van der Waals surface area contributed by atoms with Gasteiger partial charge in [-0.05, 0) is 0 Å². The Bertz CT molecular complexity index is 319. The monoisotopic (exact) mass is 262 g/mol. The average molecular weight is 262 g/mol. The lowest BCUT2D eigenvalue weighted by atomic mass is 10.7. The van der Waals surface area contributed by atoms with Crippen LogP contribution in [0.15, 0.2) is 0 Å². The van der Waals surface area contributed by atoms with Gasteiger partial charge < -0.3 is 4.74 Å². The minimum atomic E-state index is -3.45. The molecular formula is C6H14O7S2. The maximum absolute atomic E-state index is 10.5. The van der Waals surface area contributed by atoms with Crippen LogP contribution in [0.1, 0.15) is 0 Å². The van der Waals surface area contributed by atoms with Gasteiger partial charge in [-0.2, -0.15) is 16.8 Å². The van der Waals surface area contributed by atoms with E-state index in [0.717, 1.165) is 12.5 Å². The van der Waals surface area contributed by atoms with E-state index in [1.807, 2.05) is 0 Å².